The number of nitrogens with zero attached hydrogens (tertiary/aromatic N) is 1. The van der Waals surface area contributed by atoms with Crippen LogP contribution in [0.3, 0.4) is 0 Å². The number of furan rings is 1. The van der Waals surface area contributed by atoms with Crippen LogP contribution in [0.2, 0.25) is 0 Å². The highest BCUT2D eigenvalue weighted by atomic mass is 32.2. The summed E-state index contributed by atoms with van der Waals surface area (Å²) in [6.07, 6.45) is 1.57. The van der Waals surface area contributed by atoms with Crippen molar-refractivity contribution in [2.24, 2.45) is 5.14 Å². The van der Waals surface area contributed by atoms with Gasteiger partial charge >= 0.3 is 6.03 Å². The van der Waals surface area contributed by atoms with Gasteiger partial charge in [0.25, 0.3) is 0 Å². The number of urea groups is 1. The van der Waals surface area contributed by atoms with Crippen molar-refractivity contribution in [3.05, 3.63) is 76.4 Å². The maximum Gasteiger partial charge on any atom is 0.318 e. The molecule has 7 nitrogen and oxygen atoms in total. The van der Waals surface area contributed by atoms with Crippen LogP contribution in [0.5, 0.6) is 0 Å². The van der Waals surface area contributed by atoms with Gasteiger partial charge in [-0.3, -0.25) is 0 Å². The number of benzene rings is 1. The monoisotopic (exact) mass is 419 g/mol. The van der Waals surface area contributed by atoms with Crippen molar-refractivity contribution < 1.29 is 17.6 Å². The lowest BCUT2D eigenvalue weighted by Gasteiger charge is -2.24. The number of nitrogens with two attached hydrogens (primary N) is 1. The zero-order valence-corrected chi connectivity index (χ0v) is 16.9. The topological polar surface area (TPSA) is 106 Å². The molecule has 0 saturated heterocycles. The second-order valence-electron chi connectivity index (χ2n) is 6.30. The van der Waals surface area contributed by atoms with Gasteiger partial charge in [-0.15, -0.1) is 11.3 Å². The fourth-order valence-corrected chi connectivity index (χ4v) is 3.99. The number of hydrogen-bond donors (Lipinski definition) is 2. The van der Waals surface area contributed by atoms with Gasteiger partial charge in [-0.25, -0.2) is 18.4 Å². The number of carbonyl (C=O) groups is 1. The van der Waals surface area contributed by atoms with Crippen LogP contribution < -0.4 is 10.5 Å². The highest BCUT2D eigenvalue weighted by Crippen LogP contribution is 2.19. The Labute approximate surface area is 167 Å². The summed E-state index contributed by atoms with van der Waals surface area (Å²) >= 11 is 1.57. The average Bonchev–Trinajstić information content (AvgIpc) is 3.34. The Hall–Kier alpha value is -2.62. The zero-order valence-electron chi connectivity index (χ0n) is 15.2. The molecule has 0 aliphatic heterocycles. The zero-order chi connectivity index (χ0) is 20.1. The first kappa shape index (κ1) is 20.1. The Balaban J connectivity index is 1.75. The Bertz CT molecular complexity index is 979. The molecule has 0 aliphatic rings. The molecule has 0 fully saturated rings. The van der Waals surface area contributed by atoms with Gasteiger partial charge in [0.15, 0.2) is 0 Å². The number of thiophene rings is 1. The molecule has 0 saturated carbocycles. The SMILES string of the molecule is CC(NC(=O)N(Cc1ccco1)Cc1cccs1)c1cccc(S(N)(=O)=O)c1. The third kappa shape index (κ3) is 5.22. The van der Waals surface area contributed by atoms with Gasteiger partial charge in [-0.1, -0.05) is 18.2 Å². The molecule has 28 heavy (non-hydrogen) atoms. The highest BCUT2D eigenvalue weighted by Gasteiger charge is 2.20. The predicted molar refractivity (Wildman–Crippen MR) is 107 cm³/mol. The molecule has 3 rings (SSSR count). The van der Waals surface area contributed by atoms with Gasteiger partial charge < -0.3 is 14.6 Å². The molecule has 0 aliphatic carbocycles. The van der Waals surface area contributed by atoms with Crippen LogP contribution in [0.15, 0.2) is 69.5 Å². The van der Waals surface area contributed by atoms with E-state index in [2.05, 4.69) is 5.32 Å². The third-order valence-electron chi connectivity index (χ3n) is 4.17. The van der Waals surface area contributed by atoms with Gasteiger partial charge in [0, 0.05) is 4.88 Å². The van der Waals surface area contributed by atoms with Crippen LogP contribution in [0.4, 0.5) is 4.79 Å². The van der Waals surface area contributed by atoms with E-state index in [1.54, 1.807) is 47.6 Å². The molecule has 2 heterocycles. The number of nitrogens with one attached hydrogen (secondary N) is 1. The predicted octanol–water partition coefficient (Wildman–Crippen LogP) is 3.46. The lowest BCUT2D eigenvalue weighted by atomic mass is 10.1. The molecule has 2 aromatic heterocycles. The van der Waals surface area contributed by atoms with Crippen LogP contribution in [-0.2, 0) is 23.1 Å². The van der Waals surface area contributed by atoms with E-state index < -0.39 is 16.1 Å². The van der Waals surface area contributed by atoms with Crippen LogP contribution >= 0.6 is 11.3 Å². The van der Waals surface area contributed by atoms with Gasteiger partial charge in [0.2, 0.25) is 10.0 Å². The number of sulfonamides is 1. The van der Waals surface area contributed by atoms with Crippen molar-refractivity contribution in [1.82, 2.24) is 10.2 Å². The van der Waals surface area contributed by atoms with E-state index in [9.17, 15) is 13.2 Å². The number of primary sulfonamides is 1. The van der Waals surface area contributed by atoms with Crippen LogP contribution in [0.25, 0.3) is 0 Å². The summed E-state index contributed by atoms with van der Waals surface area (Å²) in [5, 5.41) is 10.1. The standard InChI is InChI=1S/C19H21N3O4S2/c1-14(15-5-2-8-18(11-15)28(20,24)25)21-19(23)22(12-16-6-3-9-26-16)13-17-7-4-10-27-17/h2-11,14H,12-13H2,1H3,(H,21,23)(H2,20,24,25). The summed E-state index contributed by atoms with van der Waals surface area (Å²) in [7, 11) is -3.81. The molecule has 1 aromatic carbocycles. The molecule has 148 valence electrons. The largest absolute Gasteiger partial charge is 0.467 e. The van der Waals surface area contributed by atoms with E-state index in [-0.39, 0.29) is 10.9 Å². The summed E-state index contributed by atoms with van der Waals surface area (Å²) in [6, 6.07) is 13.0. The molecule has 3 aromatic rings. The lowest BCUT2D eigenvalue weighted by molar-refractivity contribution is 0.184. The second kappa shape index (κ2) is 8.59. The highest BCUT2D eigenvalue weighted by molar-refractivity contribution is 7.89. The molecule has 0 bridgehead atoms. The van der Waals surface area contributed by atoms with E-state index in [0.29, 0.717) is 24.4 Å². The molecule has 0 radical (unpaired) electrons. The number of amides is 2. The second-order valence-corrected chi connectivity index (χ2v) is 8.90. The molecule has 0 spiro atoms. The van der Waals surface area contributed by atoms with Crippen molar-refractivity contribution in [3.63, 3.8) is 0 Å². The Morgan fingerprint density at radius 2 is 2.04 bits per heavy atom. The smallest absolute Gasteiger partial charge is 0.318 e. The third-order valence-corrected chi connectivity index (χ3v) is 5.94. The van der Waals surface area contributed by atoms with Crippen molar-refractivity contribution in [2.45, 2.75) is 31.0 Å². The Morgan fingerprint density at radius 1 is 1.21 bits per heavy atom. The van der Waals surface area contributed by atoms with Gasteiger partial charge in [0.05, 0.1) is 30.3 Å². The van der Waals surface area contributed by atoms with Crippen molar-refractivity contribution in [2.75, 3.05) is 0 Å². The maximum absolute atomic E-state index is 12.9. The van der Waals surface area contributed by atoms with Crippen LogP contribution in [0, 0.1) is 0 Å². The Morgan fingerprint density at radius 3 is 2.68 bits per heavy atom. The summed E-state index contributed by atoms with van der Waals surface area (Å²) in [4.78, 5) is 15.6. The molecule has 2 amide bonds. The quantitative estimate of drug-likeness (QED) is 0.612. The van der Waals surface area contributed by atoms with E-state index in [4.69, 9.17) is 9.56 Å². The molecule has 3 N–H and O–H groups in total. The number of hydrogen-bond acceptors (Lipinski definition) is 5. The number of rotatable bonds is 7. The van der Waals surface area contributed by atoms with E-state index in [0.717, 1.165) is 4.88 Å². The first-order valence-corrected chi connectivity index (χ1v) is 11.0. The lowest BCUT2D eigenvalue weighted by Crippen LogP contribution is -2.40. The summed E-state index contributed by atoms with van der Waals surface area (Å²) in [6.45, 7) is 2.55. The van der Waals surface area contributed by atoms with Crippen molar-refractivity contribution >= 4 is 27.4 Å². The van der Waals surface area contributed by atoms with Crippen LogP contribution in [0.1, 0.15) is 29.2 Å². The minimum absolute atomic E-state index is 0.0112. The van der Waals surface area contributed by atoms with Gasteiger partial charge in [-0.05, 0) is 48.2 Å². The van der Waals surface area contributed by atoms with E-state index in [1.807, 2.05) is 23.6 Å². The van der Waals surface area contributed by atoms with Crippen molar-refractivity contribution in [1.29, 1.82) is 0 Å². The maximum atomic E-state index is 12.9. The minimum Gasteiger partial charge on any atom is -0.467 e. The molecular weight excluding hydrogens is 398 g/mol. The fourth-order valence-electron chi connectivity index (χ4n) is 2.70. The normalized spacial score (nSPS) is 12.5. The van der Waals surface area contributed by atoms with Gasteiger partial charge in [0.1, 0.15) is 5.76 Å². The summed E-state index contributed by atoms with van der Waals surface area (Å²) in [5.41, 5.74) is 0.647. The van der Waals surface area contributed by atoms with E-state index >= 15 is 0 Å². The van der Waals surface area contributed by atoms with Crippen molar-refractivity contribution in [3.8, 4) is 0 Å². The minimum atomic E-state index is -3.81. The molecule has 1 atom stereocenters. The van der Waals surface area contributed by atoms with Crippen LogP contribution in [-0.4, -0.2) is 19.3 Å². The summed E-state index contributed by atoms with van der Waals surface area (Å²) in [5.74, 6) is 0.676. The average molecular weight is 420 g/mol. The Kier molecular flexibility index (Phi) is 6.18. The summed E-state index contributed by atoms with van der Waals surface area (Å²) < 4.78 is 28.5. The van der Waals surface area contributed by atoms with E-state index in [1.165, 1.54) is 12.1 Å². The number of carbonyl (C=O) groups excluding carboxylic acids is 1. The first-order chi connectivity index (χ1) is 13.3. The first-order valence-electron chi connectivity index (χ1n) is 8.56. The molecular formula is C19H21N3O4S2. The molecule has 1 unspecified atom stereocenters. The fraction of sp³-hybridized carbons (Fsp3) is 0.211. The van der Waals surface area contributed by atoms with Gasteiger partial charge in [-0.2, -0.15) is 0 Å². The molecule has 9 heteroatoms.